The molecule has 0 spiro atoms. The minimum atomic E-state index is -1.21. The summed E-state index contributed by atoms with van der Waals surface area (Å²) in [6.45, 7) is 1.53. The Labute approximate surface area is 109 Å². The van der Waals surface area contributed by atoms with Crippen molar-refractivity contribution in [2.24, 2.45) is 0 Å². The minimum Gasteiger partial charge on any atom is -0.480 e. The van der Waals surface area contributed by atoms with Crippen molar-refractivity contribution in [2.75, 3.05) is 19.0 Å². The summed E-state index contributed by atoms with van der Waals surface area (Å²) in [4.78, 5) is 22.4. The lowest BCUT2D eigenvalue weighted by molar-refractivity contribution is -0.140. The monoisotopic (exact) mass is 270 g/mol. The number of carboxylic acid groups (broad SMARTS) is 1. The average molecular weight is 270 g/mol. The van der Waals surface area contributed by atoms with Gasteiger partial charge < -0.3 is 20.5 Å². The van der Waals surface area contributed by atoms with Gasteiger partial charge in [-0.3, -0.25) is 0 Å². The van der Waals surface area contributed by atoms with E-state index in [1.807, 2.05) is 0 Å². The number of carboxylic acids is 1. The average Bonchev–Trinajstić information content (AvgIpc) is 2.33. The Kier molecular flexibility index (Phi) is 5.25. The number of hydrogen-bond acceptors (Lipinski definition) is 3. The molecule has 2 amide bonds. The molecule has 0 radical (unpaired) electrons. The molecule has 0 aromatic heterocycles. The van der Waals surface area contributed by atoms with Gasteiger partial charge >= 0.3 is 12.0 Å². The number of methoxy groups -OCH3 is 1. The van der Waals surface area contributed by atoms with Crippen LogP contribution in [-0.2, 0) is 9.53 Å². The number of amides is 2. The van der Waals surface area contributed by atoms with E-state index in [4.69, 9.17) is 5.11 Å². The Morgan fingerprint density at radius 3 is 2.74 bits per heavy atom. The first kappa shape index (κ1) is 14.9. The van der Waals surface area contributed by atoms with Crippen molar-refractivity contribution in [3.8, 4) is 0 Å². The maximum absolute atomic E-state index is 13.0. The molecular weight excluding hydrogens is 255 g/mol. The summed E-state index contributed by atoms with van der Waals surface area (Å²) < 4.78 is 17.7. The fraction of sp³-hybridized carbons (Fsp3) is 0.333. The van der Waals surface area contributed by atoms with Gasteiger partial charge in [-0.25, -0.2) is 14.0 Å². The summed E-state index contributed by atoms with van der Waals surface area (Å²) in [6.07, 6.45) is 0. The highest BCUT2D eigenvalue weighted by atomic mass is 19.1. The van der Waals surface area contributed by atoms with Gasteiger partial charge in [0.2, 0.25) is 0 Å². The number of urea groups is 1. The first-order valence-electron chi connectivity index (χ1n) is 5.49. The number of aliphatic carboxylic acids is 1. The smallest absolute Gasteiger partial charge is 0.328 e. The van der Waals surface area contributed by atoms with E-state index in [1.165, 1.54) is 19.2 Å². The molecule has 0 bridgehead atoms. The molecular formula is C12H15FN2O4. The maximum atomic E-state index is 13.0. The Hall–Kier alpha value is -2.15. The molecule has 104 valence electrons. The number of benzene rings is 1. The van der Waals surface area contributed by atoms with E-state index in [1.54, 1.807) is 6.92 Å². The van der Waals surface area contributed by atoms with Crippen LogP contribution in [0.3, 0.4) is 0 Å². The minimum absolute atomic E-state index is 0.162. The zero-order valence-electron chi connectivity index (χ0n) is 10.6. The highest BCUT2D eigenvalue weighted by molar-refractivity contribution is 5.92. The van der Waals surface area contributed by atoms with Crippen LogP contribution in [0.2, 0.25) is 0 Å². The van der Waals surface area contributed by atoms with Crippen LogP contribution in [0.15, 0.2) is 18.2 Å². The molecule has 0 aliphatic heterocycles. The number of ether oxygens (including phenoxy) is 1. The van der Waals surface area contributed by atoms with Crippen LogP contribution < -0.4 is 10.6 Å². The van der Waals surface area contributed by atoms with Gasteiger partial charge in [0.15, 0.2) is 6.04 Å². The second-order valence-electron chi connectivity index (χ2n) is 3.90. The zero-order chi connectivity index (χ0) is 14.4. The number of aryl methyl sites for hydroxylation is 1. The van der Waals surface area contributed by atoms with Crippen molar-refractivity contribution in [3.05, 3.63) is 29.6 Å². The van der Waals surface area contributed by atoms with E-state index < -0.39 is 23.9 Å². The van der Waals surface area contributed by atoms with Crippen LogP contribution >= 0.6 is 0 Å². The van der Waals surface area contributed by atoms with Gasteiger partial charge in [0.25, 0.3) is 0 Å². The first-order valence-corrected chi connectivity index (χ1v) is 5.49. The van der Waals surface area contributed by atoms with E-state index in [9.17, 15) is 14.0 Å². The number of nitrogens with one attached hydrogen (secondary N) is 2. The Balaban J connectivity index is 2.68. The summed E-state index contributed by atoms with van der Waals surface area (Å²) in [6, 6.07) is 2.02. The summed E-state index contributed by atoms with van der Waals surface area (Å²) >= 11 is 0. The molecule has 0 aliphatic rings. The molecule has 0 saturated carbocycles. The van der Waals surface area contributed by atoms with Gasteiger partial charge in [-0.15, -0.1) is 0 Å². The van der Waals surface area contributed by atoms with Gasteiger partial charge in [-0.1, -0.05) is 6.07 Å². The molecule has 0 aliphatic carbocycles. The van der Waals surface area contributed by atoms with E-state index in [2.05, 4.69) is 15.4 Å². The molecule has 1 rings (SSSR count). The fourth-order valence-electron chi connectivity index (χ4n) is 1.39. The Bertz CT molecular complexity index is 479. The molecule has 0 saturated heterocycles. The quantitative estimate of drug-likeness (QED) is 0.753. The molecule has 6 nitrogen and oxygen atoms in total. The number of hydrogen-bond donors (Lipinski definition) is 3. The topological polar surface area (TPSA) is 87.7 Å². The lowest BCUT2D eigenvalue weighted by atomic mass is 10.2. The van der Waals surface area contributed by atoms with Crippen molar-refractivity contribution in [1.82, 2.24) is 5.32 Å². The standard InChI is InChI=1S/C12H15FN2O4/c1-7-3-4-8(13)5-9(7)14-12(18)15-10(6-19-2)11(16)17/h3-5,10H,6H2,1-2H3,(H,16,17)(H2,14,15,18). The highest BCUT2D eigenvalue weighted by Gasteiger charge is 2.19. The molecule has 1 aromatic rings. The van der Waals surface area contributed by atoms with E-state index in [0.29, 0.717) is 5.56 Å². The lowest BCUT2D eigenvalue weighted by Crippen LogP contribution is -2.45. The van der Waals surface area contributed by atoms with Crippen LogP contribution in [0.5, 0.6) is 0 Å². The first-order chi connectivity index (χ1) is 8.93. The predicted octanol–water partition coefficient (Wildman–Crippen LogP) is 1.36. The Morgan fingerprint density at radius 2 is 2.16 bits per heavy atom. The third kappa shape index (κ3) is 4.55. The summed E-state index contributed by atoms with van der Waals surface area (Å²) in [7, 11) is 1.33. The van der Waals surface area contributed by atoms with Gasteiger partial charge in [0.1, 0.15) is 5.82 Å². The summed E-state index contributed by atoms with van der Waals surface area (Å²) in [5.74, 6) is -1.71. The van der Waals surface area contributed by atoms with Crippen molar-refractivity contribution in [1.29, 1.82) is 0 Å². The molecule has 1 aromatic carbocycles. The molecule has 0 heterocycles. The second kappa shape index (κ2) is 6.69. The van der Waals surface area contributed by atoms with Crippen molar-refractivity contribution in [3.63, 3.8) is 0 Å². The van der Waals surface area contributed by atoms with Gasteiger partial charge in [0.05, 0.1) is 6.61 Å². The van der Waals surface area contributed by atoms with Crippen molar-refractivity contribution >= 4 is 17.7 Å². The number of anilines is 1. The zero-order valence-corrected chi connectivity index (χ0v) is 10.6. The molecule has 7 heteroatoms. The molecule has 3 N–H and O–H groups in total. The number of halogens is 1. The van der Waals surface area contributed by atoms with E-state index in [0.717, 1.165) is 6.07 Å². The fourth-order valence-corrected chi connectivity index (χ4v) is 1.39. The normalized spacial score (nSPS) is 11.7. The summed E-state index contributed by atoms with van der Waals surface area (Å²) in [5, 5.41) is 13.4. The van der Waals surface area contributed by atoms with Crippen molar-refractivity contribution in [2.45, 2.75) is 13.0 Å². The largest absolute Gasteiger partial charge is 0.480 e. The molecule has 1 unspecified atom stereocenters. The third-order valence-corrected chi connectivity index (χ3v) is 2.38. The van der Waals surface area contributed by atoms with E-state index >= 15 is 0 Å². The van der Waals surface area contributed by atoms with Gasteiger partial charge in [-0.05, 0) is 24.6 Å². The van der Waals surface area contributed by atoms with Crippen molar-refractivity contribution < 1.29 is 23.8 Å². The highest BCUT2D eigenvalue weighted by Crippen LogP contribution is 2.15. The SMILES string of the molecule is COCC(NC(=O)Nc1cc(F)ccc1C)C(=O)O. The van der Waals surface area contributed by atoms with Gasteiger partial charge in [0, 0.05) is 12.8 Å². The maximum Gasteiger partial charge on any atom is 0.328 e. The van der Waals surface area contributed by atoms with Crippen LogP contribution in [-0.4, -0.2) is 36.9 Å². The van der Waals surface area contributed by atoms with Crippen LogP contribution in [0.1, 0.15) is 5.56 Å². The molecule has 1 atom stereocenters. The molecule has 19 heavy (non-hydrogen) atoms. The Morgan fingerprint density at radius 1 is 1.47 bits per heavy atom. The number of carbonyl (C=O) groups is 2. The number of carbonyl (C=O) groups excluding carboxylic acids is 1. The van der Waals surface area contributed by atoms with Crippen LogP contribution in [0.4, 0.5) is 14.9 Å². The third-order valence-electron chi connectivity index (χ3n) is 2.38. The lowest BCUT2D eigenvalue weighted by Gasteiger charge is -2.15. The number of rotatable bonds is 5. The van der Waals surface area contributed by atoms with E-state index in [-0.39, 0.29) is 12.3 Å². The summed E-state index contributed by atoms with van der Waals surface area (Å²) in [5.41, 5.74) is 0.939. The molecule has 0 fully saturated rings. The second-order valence-corrected chi connectivity index (χ2v) is 3.90. The van der Waals surface area contributed by atoms with Gasteiger partial charge in [-0.2, -0.15) is 0 Å². The van der Waals surface area contributed by atoms with Crippen LogP contribution in [0.25, 0.3) is 0 Å². The predicted molar refractivity (Wildman–Crippen MR) is 66.6 cm³/mol. The van der Waals surface area contributed by atoms with Crippen LogP contribution in [0, 0.1) is 12.7 Å².